The molecule has 0 bridgehead atoms. The molecule has 64 valence electrons. The number of epoxide rings is 1. The fourth-order valence-electron chi connectivity index (χ4n) is 1.83. The van der Waals surface area contributed by atoms with Crippen LogP contribution in [0.3, 0.4) is 0 Å². The first-order chi connectivity index (χ1) is 5.34. The van der Waals surface area contributed by atoms with Gasteiger partial charge in [-0.1, -0.05) is 6.92 Å². The summed E-state index contributed by atoms with van der Waals surface area (Å²) in [5.41, 5.74) is 0. The van der Waals surface area contributed by atoms with Crippen molar-refractivity contribution >= 4 is 0 Å². The number of nitrogens with one attached hydrogen (secondary N) is 1. The maximum atomic E-state index is 5.13. The Morgan fingerprint density at radius 3 is 2.36 bits per heavy atom. The van der Waals surface area contributed by atoms with Crippen molar-refractivity contribution in [3.63, 3.8) is 0 Å². The zero-order valence-electron chi connectivity index (χ0n) is 7.18. The molecule has 1 saturated carbocycles. The van der Waals surface area contributed by atoms with Crippen LogP contribution in [0.25, 0.3) is 0 Å². The Kier molecular flexibility index (Phi) is 2.14. The highest BCUT2D eigenvalue weighted by molar-refractivity contribution is 4.79. The van der Waals surface area contributed by atoms with Crippen LogP contribution >= 0.6 is 0 Å². The second-order valence-corrected chi connectivity index (χ2v) is 3.95. The third-order valence-electron chi connectivity index (χ3n) is 2.77. The van der Waals surface area contributed by atoms with Crippen molar-refractivity contribution in [3.05, 3.63) is 0 Å². The molecule has 2 aliphatic rings. The predicted octanol–water partition coefficient (Wildman–Crippen LogP) is 1.51. The van der Waals surface area contributed by atoms with E-state index in [4.69, 9.17) is 4.74 Å². The molecule has 0 amide bonds. The van der Waals surface area contributed by atoms with Crippen molar-refractivity contribution in [2.24, 2.45) is 5.92 Å². The summed E-state index contributed by atoms with van der Waals surface area (Å²) < 4.78 is 5.13. The fraction of sp³-hybridized carbons (Fsp3) is 1.00. The maximum Gasteiger partial charge on any atom is 0.132 e. The molecular formula is C9H17NO. The first kappa shape index (κ1) is 7.56. The molecule has 11 heavy (non-hydrogen) atoms. The lowest BCUT2D eigenvalue weighted by atomic mass is 9.87. The van der Waals surface area contributed by atoms with Gasteiger partial charge >= 0.3 is 0 Å². The van der Waals surface area contributed by atoms with Crippen LogP contribution in [-0.2, 0) is 4.74 Å². The molecule has 1 heterocycles. The minimum absolute atomic E-state index is 0.411. The van der Waals surface area contributed by atoms with Crippen molar-refractivity contribution in [3.8, 4) is 0 Å². The first-order valence-corrected chi connectivity index (χ1v) is 4.72. The zero-order chi connectivity index (χ0) is 7.68. The number of hydrogen-bond donors (Lipinski definition) is 1. The van der Waals surface area contributed by atoms with E-state index < -0.39 is 0 Å². The van der Waals surface area contributed by atoms with Gasteiger partial charge in [0.15, 0.2) is 0 Å². The van der Waals surface area contributed by atoms with E-state index >= 15 is 0 Å². The summed E-state index contributed by atoms with van der Waals surface area (Å²) in [6, 6.07) is 0.749. The average Bonchev–Trinajstić information content (AvgIpc) is 2.78. The highest BCUT2D eigenvalue weighted by Crippen LogP contribution is 2.24. The molecule has 0 aromatic carbocycles. The molecule has 0 aromatic rings. The van der Waals surface area contributed by atoms with Gasteiger partial charge in [-0.25, -0.2) is 0 Å². The highest BCUT2D eigenvalue weighted by atomic mass is 16.6. The van der Waals surface area contributed by atoms with Gasteiger partial charge in [0.2, 0.25) is 0 Å². The Bertz CT molecular complexity index is 126. The number of hydrogen-bond acceptors (Lipinski definition) is 2. The summed E-state index contributed by atoms with van der Waals surface area (Å²) in [6.45, 7) is 3.29. The van der Waals surface area contributed by atoms with Crippen LogP contribution < -0.4 is 5.32 Å². The Morgan fingerprint density at radius 1 is 1.18 bits per heavy atom. The quantitative estimate of drug-likeness (QED) is 0.611. The average molecular weight is 155 g/mol. The van der Waals surface area contributed by atoms with E-state index in [1.165, 1.54) is 25.7 Å². The zero-order valence-corrected chi connectivity index (χ0v) is 7.18. The van der Waals surface area contributed by atoms with Gasteiger partial charge in [0.25, 0.3) is 0 Å². The Hall–Kier alpha value is -0.0800. The minimum atomic E-state index is 0.411. The molecule has 2 rings (SSSR count). The topological polar surface area (TPSA) is 24.6 Å². The number of rotatable bonds is 2. The molecule has 1 aliphatic heterocycles. The Labute approximate surface area is 68.3 Å². The second-order valence-electron chi connectivity index (χ2n) is 3.95. The van der Waals surface area contributed by atoms with Gasteiger partial charge < -0.3 is 4.74 Å². The molecule has 0 radical (unpaired) electrons. The smallest absolute Gasteiger partial charge is 0.132 e. The second kappa shape index (κ2) is 3.11. The van der Waals surface area contributed by atoms with Crippen LogP contribution in [0.5, 0.6) is 0 Å². The summed E-state index contributed by atoms with van der Waals surface area (Å²) in [7, 11) is 0. The van der Waals surface area contributed by atoms with Gasteiger partial charge in [0.05, 0.1) is 6.61 Å². The molecule has 1 saturated heterocycles. The fourth-order valence-corrected chi connectivity index (χ4v) is 1.83. The van der Waals surface area contributed by atoms with Gasteiger partial charge in [-0.15, -0.1) is 0 Å². The van der Waals surface area contributed by atoms with E-state index in [9.17, 15) is 0 Å². The molecule has 1 atom stereocenters. The van der Waals surface area contributed by atoms with E-state index in [1.54, 1.807) is 0 Å². The van der Waals surface area contributed by atoms with Crippen LogP contribution in [-0.4, -0.2) is 18.9 Å². The van der Waals surface area contributed by atoms with E-state index in [0.717, 1.165) is 18.6 Å². The molecule has 1 unspecified atom stereocenters. The largest absolute Gasteiger partial charge is 0.357 e. The predicted molar refractivity (Wildman–Crippen MR) is 44.3 cm³/mol. The van der Waals surface area contributed by atoms with Crippen LogP contribution in [0, 0.1) is 5.92 Å². The third-order valence-corrected chi connectivity index (χ3v) is 2.77. The van der Waals surface area contributed by atoms with E-state index in [1.807, 2.05) is 0 Å². The lowest BCUT2D eigenvalue weighted by molar-refractivity contribution is 0.268. The maximum absolute atomic E-state index is 5.13. The van der Waals surface area contributed by atoms with Crippen LogP contribution in [0.4, 0.5) is 0 Å². The Balaban J connectivity index is 1.69. The summed E-state index contributed by atoms with van der Waals surface area (Å²) in [5, 5.41) is 3.49. The van der Waals surface area contributed by atoms with Gasteiger partial charge in [-0.2, -0.15) is 0 Å². The summed E-state index contributed by atoms with van der Waals surface area (Å²) in [5.74, 6) is 0.952. The molecule has 0 spiro atoms. The van der Waals surface area contributed by atoms with Crippen LogP contribution in [0.15, 0.2) is 0 Å². The number of ether oxygens (including phenoxy) is 1. The molecule has 2 fully saturated rings. The normalized spacial score (nSPS) is 43.9. The van der Waals surface area contributed by atoms with Crippen molar-refractivity contribution in [1.82, 2.24) is 5.32 Å². The summed E-state index contributed by atoms with van der Waals surface area (Å²) in [6.07, 6.45) is 5.89. The molecule has 0 aromatic heterocycles. The van der Waals surface area contributed by atoms with Crippen molar-refractivity contribution < 1.29 is 4.74 Å². The van der Waals surface area contributed by atoms with Crippen molar-refractivity contribution in [1.29, 1.82) is 0 Å². The highest BCUT2D eigenvalue weighted by Gasteiger charge is 2.27. The standard InChI is InChI=1S/C9H17NO/c1-7-2-4-8(5-3-7)10-9-6-11-9/h7-10H,2-6H2,1H3. The lowest BCUT2D eigenvalue weighted by Crippen LogP contribution is -2.34. The molecule has 1 N–H and O–H groups in total. The minimum Gasteiger partial charge on any atom is -0.357 e. The van der Waals surface area contributed by atoms with Crippen molar-refractivity contribution in [2.75, 3.05) is 6.61 Å². The monoisotopic (exact) mass is 155 g/mol. The summed E-state index contributed by atoms with van der Waals surface area (Å²) >= 11 is 0. The molecule has 2 heteroatoms. The van der Waals surface area contributed by atoms with Gasteiger partial charge in [0, 0.05) is 6.04 Å². The van der Waals surface area contributed by atoms with Gasteiger partial charge in [0.1, 0.15) is 6.23 Å². The molecule has 1 aliphatic carbocycles. The molecular weight excluding hydrogens is 138 g/mol. The Morgan fingerprint density at radius 2 is 1.82 bits per heavy atom. The molecule has 2 nitrogen and oxygen atoms in total. The van der Waals surface area contributed by atoms with Crippen molar-refractivity contribution in [2.45, 2.75) is 44.9 Å². The van der Waals surface area contributed by atoms with E-state index in [0.29, 0.717) is 6.23 Å². The third kappa shape index (κ3) is 2.17. The lowest BCUT2D eigenvalue weighted by Gasteiger charge is -2.26. The SMILES string of the molecule is CC1CCC(NC2CO2)CC1. The van der Waals surface area contributed by atoms with Crippen LogP contribution in [0.1, 0.15) is 32.6 Å². The van der Waals surface area contributed by atoms with Crippen LogP contribution in [0.2, 0.25) is 0 Å². The van der Waals surface area contributed by atoms with E-state index in [2.05, 4.69) is 12.2 Å². The van der Waals surface area contributed by atoms with E-state index in [-0.39, 0.29) is 0 Å². The van der Waals surface area contributed by atoms with Gasteiger partial charge in [-0.05, 0) is 31.6 Å². The van der Waals surface area contributed by atoms with Gasteiger partial charge in [-0.3, -0.25) is 5.32 Å². The summed E-state index contributed by atoms with van der Waals surface area (Å²) in [4.78, 5) is 0. The first-order valence-electron chi connectivity index (χ1n) is 4.72.